The van der Waals surface area contributed by atoms with Gasteiger partial charge in [0, 0.05) is 0 Å². The van der Waals surface area contributed by atoms with E-state index in [2.05, 4.69) is 4.99 Å². The van der Waals surface area contributed by atoms with Crippen molar-refractivity contribution in [1.29, 1.82) is 0 Å². The van der Waals surface area contributed by atoms with Crippen LogP contribution in [-0.2, 0) is 9.59 Å². The van der Waals surface area contributed by atoms with Crippen molar-refractivity contribution in [3.63, 3.8) is 0 Å². The number of hydrogen-bond donors (Lipinski definition) is 0. The molecule has 0 aliphatic carbocycles. The van der Waals surface area contributed by atoms with Crippen LogP contribution in [0.5, 0.6) is 0 Å². The lowest BCUT2D eigenvalue weighted by atomic mass is 10.0. The summed E-state index contributed by atoms with van der Waals surface area (Å²) < 4.78 is -0.495. The second-order valence-electron chi connectivity index (χ2n) is 6.42. The molecule has 122 valence electrons. The van der Waals surface area contributed by atoms with Crippen molar-refractivity contribution >= 4 is 35.6 Å². The Hall–Kier alpha value is -2.44. The largest absolute Gasteiger partial charge is 0.302 e. The number of aliphatic imine (C=N–C) groups is 1. The number of benzene rings is 1. The first kappa shape index (κ1) is 15.1. The number of imide groups is 1. The molecular formula is C16H13N3O4S. The number of amides is 3. The van der Waals surface area contributed by atoms with Crippen LogP contribution in [-0.4, -0.2) is 55.9 Å². The molecule has 2 unspecified atom stereocenters. The fraction of sp³-hybridized carbons (Fsp3) is 0.375. The highest BCUT2D eigenvalue weighted by atomic mass is 32.2. The topological polar surface area (TPSA) is 87.1 Å². The van der Waals surface area contributed by atoms with Crippen LogP contribution < -0.4 is 0 Å². The molecular weight excluding hydrogens is 330 g/mol. The van der Waals surface area contributed by atoms with E-state index in [0.29, 0.717) is 11.1 Å². The summed E-state index contributed by atoms with van der Waals surface area (Å²) >= 11 is 1.43. The Labute approximate surface area is 141 Å². The van der Waals surface area contributed by atoms with E-state index in [4.69, 9.17) is 0 Å². The zero-order chi connectivity index (χ0) is 17.2. The van der Waals surface area contributed by atoms with E-state index in [1.165, 1.54) is 22.7 Å². The predicted octanol–water partition coefficient (Wildman–Crippen LogP) is 1.01. The highest BCUT2D eigenvalue weighted by Gasteiger charge is 2.65. The van der Waals surface area contributed by atoms with E-state index in [-0.39, 0.29) is 5.91 Å². The second kappa shape index (κ2) is 4.78. The minimum absolute atomic E-state index is 0.318. The van der Waals surface area contributed by atoms with Crippen LogP contribution in [0.4, 0.5) is 0 Å². The Balaban J connectivity index is 1.69. The fourth-order valence-electron chi connectivity index (χ4n) is 3.52. The number of fused-ring (bicyclic) bond motifs is 2. The zero-order valence-electron chi connectivity index (χ0n) is 12.9. The Morgan fingerprint density at radius 2 is 1.71 bits per heavy atom. The lowest BCUT2D eigenvalue weighted by Gasteiger charge is -2.45. The molecule has 4 rings (SSSR count). The van der Waals surface area contributed by atoms with Crippen LogP contribution in [0.25, 0.3) is 0 Å². The molecule has 2 fully saturated rings. The number of nitrogens with zero attached hydrogens (tertiary/aromatic N) is 3. The monoisotopic (exact) mass is 343 g/mol. The van der Waals surface area contributed by atoms with Gasteiger partial charge in [0.1, 0.15) is 11.4 Å². The average molecular weight is 343 g/mol. The van der Waals surface area contributed by atoms with Crippen molar-refractivity contribution < 1.29 is 19.2 Å². The number of β-lactam (4-membered cyclic amide) rings is 1. The Morgan fingerprint density at radius 3 is 2.25 bits per heavy atom. The third kappa shape index (κ3) is 1.72. The Morgan fingerprint density at radius 1 is 1.12 bits per heavy atom. The Bertz CT molecular complexity index is 810. The third-order valence-electron chi connectivity index (χ3n) is 4.64. The van der Waals surface area contributed by atoms with Crippen LogP contribution in [0.1, 0.15) is 34.6 Å². The summed E-state index contributed by atoms with van der Waals surface area (Å²) in [4.78, 5) is 54.7. The number of rotatable bonds is 2. The van der Waals surface area contributed by atoms with Gasteiger partial charge in [-0.3, -0.25) is 19.3 Å². The van der Waals surface area contributed by atoms with Gasteiger partial charge in [-0.2, -0.15) is 4.99 Å². The number of hydrogen-bond acceptors (Lipinski definition) is 6. The summed E-state index contributed by atoms with van der Waals surface area (Å²) in [5.41, 5.74) is 0.636. The minimum Gasteiger partial charge on any atom is -0.302 e. The molecule has 3 aliphatic rings. The predicted molar refractivity (Wildman–Crippen MR) is 84.9 cm³/mol. The molecule has 0 aromatic heterocycles. The van der Waals surface area contributed by atoms with E-state index in [9.17, 15) is 19.2 Å². The van der Waals surface area contributed by atoms with Crippen LogP contribution in [0, 0.1) is 0 Å². The van der Waals surface area contributed by atoms with Gasteiger partial charge in [0.2, 0.25) is 6.08 Å². The van der Waals surface area contributed by atoms with Crippen molar-refractivity contribution in [2.24, 2.45) is 4.99 Å². The smallest absolute Gasteiger partial charge is 0.262 e. The lowest BCUT2D eigenvalue weighted by Crippen LogP contribution is -2.70. The fourth-order valence-corrected chi connectivity index (χ4v) is 5.13. The van der Waals surface area contributed by atoms with Gasteiger partial charge in [0.25, 0.3) is 17.7 Å². The molecule has 3 heterocycles. The first-order valence-electron chi connectivity index (χ1n) is 7.42. The molecule has 8 heteroatoms. The molecule has 2 saturated heterocycles. The van der Waals surface area contributed by atoms with E-state index < -0.39 is 34.1 Å². The SMILES string of the molecule is CC1(C)S[C@@H]2C(N3C(=O)c4ccccc4C3=O)C(=O)N2C1N=C=O. The van der Waals surface area contributed by atoms with Crippen molar-refractivity contribution in [2.45, 2.75) is 36.2 Å². The van der Waals surface area contributed by atoms with Crippen LogP contribution in [0.2, 0.25) is 0 Å². The van der Waals surface area contributed by atoms with E-state index in [0.717, 1.165) is 4.90 Å². The van der Waals surface area contributed by atoms with Gasteiger partial charge < -0.3 is 4.90 Å². The maximum absolute atomic E-state index is 12.6. The van der Waals surface area contributed by atoms with Gasteiger partial charge in [-0.15, -0.1) is 11.8 Å². The summed E-state index contributed by atoms with van der Waals surface area (Å²) in [5.74, 6) is -1.26. The molecule has 7 nitrogen and oxygen atoms in total. The summed E-state index contributed by atoms with van der Waals surface area (Å²) in [6, 6.07) is 5.69. The van der Waals surface area contributed by atoms with Crippen molar-refractivity contribution in [3.05, 3.63) is 35.4 Å². The normalized spacial score (nSPS) is 29.9. The van der Waals surface area contributed by atoms with E-state index in [1.54, 1.807) is 24.3 Å². The zero-order valence-corrected chi connectivity index (χ0v) is 13.7. The molecule has 24 heavy (non-hydrogen) atoms. The van der Waals surface area contributed by atoms with Crippen LogP contribution in [0.3, 0.4) is 0 Å². The third-order valence-corrected chi connectivity index (χ3v) is 6.18. The molecule has 1 aromatic carbocycles. The summed E-state index contributed by atoms with van der Waals surface area (Å²) in [5, 5.41) is -0.392. The van der Waals surface area contributed by atoms with Gasteiger partial charge in [0.15, 0.2) is 6.17 Å². The average Bonchev–Trinajstić information content (AvgIpc) is 2.93. The molecule has 3 aliphatic heterocycles. The standard InChI is InChI=1S/C16H13N3O4S/c1-16(2)15(17-7-20)19-13(23)10(14(19)24-16)18-11(21)8-5-3-4-6-9(8)12(18)22/h3-6,10,14-15H,1-2H3/t10?,14-,15?/m1/s1. The van der Waals surface area contributed by atoms with Crippen LogP contribution >= 0.6 is 11.8 Å². The van der Waals surface area contributed by atoms with Crippen LogP contribution in [0.15, 0.2) is 29.3 Å². The van der Waals surface area contributed by atoms with Gasteiger partial charge in [-0.05, 0) is 26.0 Å². The summed E-state index contributed by atoms with van der Waals surface area (Å²) in [6.07, 6.45) is 0.872. The summed E-state index contributed by atoms with van der Waals surface area (Å²) in [7, 11) is 0. The second-order valence-corrected chi connectivity index (χ2v) is 8.19. The Kier molecular flexibility index (Phi) is 3.01. The quantitative estimate of drug-likeness (QED) is 0.346. The molecule has 0 radical (unpaired) electrons. The highest BCUT2D eigenvalue weighted by Crippen LogP contribution is 2.53. The van der Waals surface area contributed by atoms with Crippen molar-refractivity contribution in [2.75, 3.05) is 0 Å². The number of thioether (sulfide) groups is 1. The first-order valence-corrected chi connectivity index (χ1v) is 8.30. The van der Waals surface area contributed by atoms with Gasteiger partial charge in [0.05, 0.1) is 15.9 Å². The molecule has 3 amide bonds. The molecule has 3 atom stereocenters. The lowest BCUT2D eigenvalue weighted by molar-refractivity contribution is -0.152. The first-order chi connectivity index (χ1) is 11.4. The molecule has 0 spiro atoms. The number of carbonyl (C=O) groups excluding carboxylic acids is 4. The number of isocyanates is 1. The van der Waals surface area contributed by atoms with E-state index >= 15 is 0 Å². The van der Waals surface area contributed by atoms with Crippen molar-refractivity contribution in [3.8, 4) is 0 Å². The minimum atomic E-state index is -0.853. The van der Waals surface area contributed by atoms with Gasteiger partial charge in [-0.25, -0.2) is 4.79 Å². The van der Waals surface area contributed by atoms with E-state index in [1.807, 2.05) is 13.8 Å². The number of carbonyl (C=O) groups is 3. The maximum Gasteiger partial charge on any atom is 0.262 e. The molecule has 0 saturated carbocycles. The molecule has 0 N–H and O–H groups in total. The van der Waals surface area contributed by atoms with Gasteiger partial charge in [-0.1, -0.05) is 12.1 Å². The highest BCUT2D eigenvalue weighted by molar-refractivity contribution is 8.01. The summed E-state index contributed by atoms with van der Waals surface area (Å²) in [6.45, 7) is 3.74. The maximum atomic E-state index is 12.6. The van der Waals surface area contributed by atoms with Crippen molar-refractivity contribution in [1.82, 2.24) is 9.80 Å². The molecule has 1 aromatic rings. The van der Waals surface area contributed by atoms with Gasteiger partial charge >= 0.3 is 0 Å². The molecule has 0 bridgehead atoms.